The van der Waals surface area contributed by atoms with E-state index in [-0.39, 0.29) is 17.8 Å². The van der Waals surface area contributed by atoms with Crippen LogP contribution in [0.3, 0.4) is 0 Å². The summed E-state index contributed by atoms with van der Waals surface area (Å²) in [5, 5.41) is 12.6. The smallest absolute Gasteiger partial charge is 0.373 e. The van der Waals surface area contributed by atoms with Crippen molar-refractivity contribution < 1.29 is 19.1 Å². The van der Waals surface area contributed by atoms with E-state index in [0.29, 0.717) is 18.8 Å². The van der Waals surface area contributed by atoms with Crippen molar-refractivity contribution in [1.82, 2.24) is 5.32 Å². The van der Waals surface area contributed by atoms with Crippen molar-refractivity contribution in [3.8, 4) is 0 Å². The van der Waals surface area contributed by atoms with Crippen LogP contribution in [0.15, 0.2) is 16.5 Å². The Bertz CT molecular complexity index is 359. The normalized spacial score (nSPS) is 12.8. The van der Waals surface area contributed by atoms with Crippen molar-refractivity contribution in [2.24, 2.45) is 5.92 Å². The van der Waals surface area contributed by atoms with E-state index >= 15 is 0 Å². The predicted molar refractivity (Wildman–Crippen MR) is 62.6 cm³/mol. The third-order valence-corrected chi connectivity index (χ3v) is 2.47. The summed E-state index contributed by atoms with van der Waals surface area (Å²) in [6, 6.07) is 3.28. The van der Waals surface area contributed by atoms with Crippen LogP contribution in [0.1, 0.15) is 30.2 Å². The lowest BCUT2D eigenvalue weighted by Crippen LogP contribution is -2.30. The highest BCUT2D eigenvalue weighted by molar-refractivity contribution is 5.86. The second kappa shape index (κ2) is 6.42. The van der Waals surface area contributed by atoms with Crippen molar-refractivity contribution in [3.63, 3.8) is 0 Å². The Morgan fingerprint density at radius 2 is 2.24 bits per heavy atom. The number of hydrogen-bond donors (Lipinski definition) is 2. The molecule has 96 valence electrons. The Balaban J connectivity index is 2.37. The Hall–Kier alpha value is -1.33. The first-order valence-corrected chi connectivity index (χ1v) is 5.60. The lowest BCUT2D eigenvalue weighted by Gasteiger charge is -2.14. The quantitative estimate of drug-likeness (QED) is 0.731. The molecule has 1 aromatic rings. The van der Waals surface area contributed by atoms with Crippen LogP contribution in [0, 0.1) is 5.92 Å². The molecule has 0 amide bonds. The average Bonchev–Trinajstić information content (AvgIpc) is 2.76. The maximum atomic E-state index is 11.1. The summed E-state index contributed by atoms with van der Waals surface area (Å²) in [7, 11) is 1.31. The van der Waals surface area contributed by atoms with Crippen LogP contribution in [0.2, 0.25) is 0 Å². The molecule has 0 aliphatic heterocycles. The number of hydrogen-bond acceptors (Lipinski definition) is 5. The van der Waals surface area contributed by atoms with Gasteiger partial charge in [-0.1, -0.05) is 13.8 Å². The van der Waals surface area contributed by atoms with E-state index < -0.39 is 5.97 Å². The summed E-state index contributed by atoms with van der Waals surface area (Å²) < 4.78 is 9.79. The second-order valence-corrected chi connectivity index (χ2v) is 4.20. The molecule has 0 aliphatic rings. The molecule has 2 N–H and O–H groups in total. The summed E-state index contributed by atoms with van der Waals surface area (Å²) in [4.78, 5) is 11.1. The van der Waals surface area contributed by atoms with Gasteiger partial charge in [-0.25, -0.2) is 4.79 Å². The van der Waals surface area contributed by atoms with E-state index in [1.807, 2.05) is 13.8 Å². The fourth-order valence-electron chi connectivity index (χ4n) is 1.26. The van der Waals surface area contributed by atoms with Crippen LogP contribution >= 0.6 is 0 Å². The van der Waals surface area contributed by atoms with Gasteiger partial charge in [-0.2, -0.15) is 0 Å². The molecular weight excluding hydrogens is 222 g/mol. The summed E-state index contributed by atoms with van der Waals surface area (Å²) in [5.74, 6) is 0.554. The number of aliphatic hydroxyl groups is 1. The SMILES string of the molecule is COC(=O)c1ccc(CNCC(O)C(C)C)o1. The average molecular weight is 241 g/mol. The standard InChI is InChI=1S/C12H19NO4/c1-8(2)10(14)7-13-6-9-4-5-11(17-9)12(15)16-3/h4-5,8,10,13-14H,6-7H2,1-3H3. The van der Waals surface area contributed by atoms with Gasteiger partial charge in [0.25, 0.3) is 0 Å². The number of aliphatic hydroxyl groups excluding tert-OH is 1. The first-order chi connectivity index (χ1) is 8.04. The van der Waals surface area contributed by atoms with Crippen molar-refractivity contribution >= 4 is 5.97 Å². The molecule has 1 unspecified atom stereocenters. The molecule has 0 spiro atoms. The highest BCUT2D eigenvalue weighted by Crippen LogP contribution is 2.09. The van der Waals surface area contributed by atoms with Crippen molar-refractivity contribution in [2.45, 2.75) is 26.5 Å². The summed E-state index contributed by atoms with van der Waals surface area (Å²) in [6.45, 7) is 4.87. The maximum absolute atomic E-state index is 11.1. The topological polar surface area (TPSA) is 71.7 Å². The number of rotatable bonds is 6. The Morgan fingerprint density at radius 1 is 1.53 bits per heavy atom. The lowest BCUT2D eigenvalue weighted by molar-refractivity contribution is 0.0562. The Kier molecular flexibility index (Phi) is 5.18. The van der Waals surface area contributed by atoms with Crippen LogP contribution in [0.5, 0.6) is 0 Å². The molecular formula is C12H19NO4. The summed E-state index contributed by atoms with van der Waals surface area (Å²) >= 11 is 0. The predicted octanol–water partition coefficient (Wildman–Crippen LogP) is 1.17. The number of nitrogens with one attached hydrogen (secondary N) is 1. The first kappa shape index (κ1) is 13.7. The van der Waals surface area contributed by atoms with Crippen molar-refractivity contribution in [2.75, 3.05) is 13.7 Å². The van der Waals surface area contributed by atoms with Crippen LogP contribution in [0.25, 0.3) is 0 Å². The number of furan rings is 1. The molecule has 5 heteroatoms. The molecule has 1 heterocycles. The number of ether oxygens (including phenoxy) is 1. The minimum atomic E-state index is -0.488. The number of methoxy groups -OCH3 is 1. The van der Waals surface area contributed by atoms with Gasteiger partial charge in [0.1, 0.15) is 5.76 Å². The highest BCUT2D eigenvalue weighted by atomic mass is 16.5. The van der Waals surface area contributed by atoms with Crippen LogP contribution in [-0.2, 0) is 11.3 Å². The van der Waals surface area contributed by atoms with E-state index in [1.54, 1.807) is 12.1 Å². The fraction of sp³-hybridized carbons (Fsp3) is 0.583. The molecule has 1 atom stereocenters. The molecule has 0 aliphatic carbocycles. The molecule has 1 aromatic heterocycles. The summed E-state index contributed by atoms with van der Waals surface area (Å²) in [5.41, 5.74) is 0. The van der Waals surface area contributed by atoms with Crippen molar-refractivity contribution in [1.29, 1.82) is 0 Å². The highest BCUT2D eigenvalue weighted by Gasteiger charge is 2.12. The minimum absolute atomic E-state index is 0.189. The van der Waals surface area contributed by atoms with E-state index in [9.17, 15) is 9.90 Å². The maximum Gasteiger partial charge on any atom is 0.373 e. The van der Waals surface area contributed by atoms with Gasteiger partial charge < -0.3 is 19.6 Å². The van der Waals surface area contributed by atoms with Gasteiger partial charge in [0, 0.05) is 6.54 Å². The zero-order valence-electron chi connectivity index (χ0n) is 10.4. The first-order valence-electron chi connectivity index (χ1n) is 5.60. The molecule has 0 aromatic carbocycles. The van der Waals surface area contributed by atoms with E-state index in [2.05, 4.69) is 10.1 Å². The second-order valence-electron chi connectivity index (χ2n) is 4.20. The van der Waals surface area contributed by atoms with Gasteiger partial charge in [-0.15, -0.1) is 0 Å². The molecule has 0 fully saturated rings. The third-order valence-electron chi connectivity index (χ3n) is 2.47. The van der Waals surface area contributed by atoms with Gasteiger partial charge in [-0.3, -0.25) is 0 Å². The number of esters is 1. The monoisotopic (exact) mass is 241 g/mol. The van der Waals surface area contributed by atoms with E-state index in [4.69, 9.17) is 4.42 Å². The van der Waals surface area contributed by atoms with Crippen LogP contribution < -0.4 is 5.32 Å². The molecule has 1 rings (SSSR count). The minimum Gasteiger partial charge on any atom is -0.463 e. The molecule has 17 heavy (non-hydrogen) atoms. The third kappa shape index (κ3) is 4.20. The molecule has 0 bridgehead atoms. The van der Waals surface area contributed by atoms with E-state index in [1.165, 1.54) is 7.11 Å². The van der Waals surface area contributed by atoms with Gasteiger partial charge in [0.05, 0.1) is 19.8 Å². The fourth-order valence-corrected chi connectivity index (χ4v) is 1.26. The zero-order valence-corrected chi connectivity index (χ0v) is 10.4. The van der Waals surface area contributed by atoms with Crippen molar-refractivity contribution in [3.05, 3.63) is 23.7 Å². The molecule has 5 nitrogen and oxygen atoms in total. The number of carbonyl (C=O) groups is 1. The van der Waals surface area contributed by atoms with E-state index in [0.717, 1.165) is 0 Å². The lowest BCUT2D eigenvalue weighted by atomic mass is 10.1. The van der Waals surface area contributed by atoms with Crippen LogP contribution in [0.4, 0.5) is 0 Å². The number of carbonyl (C=O) groups excluding carboxylic acids is 1. The Labute approximate surface area is 101 Å². The molecule has 0 saturated heterocycles. The van der Waals surface area contributed by atoms with Crippen LogP contribution in [-0.4, -0.2) is 30.8 Å². The largest absolute Gasteiger partial charge is 0.463 e. The van der Waals surface area contributed by atoms with Gasteiger partial charge in [0.15, 0.2) is 0 Å². The Morgan fingerprint density at radius 3 is 2.82 bits per heavy atom. The molecule has 0 radical (unpaired) electrons. The summed E-state index contributed by atoms with van der Waals surface area (Å²) in [6.07, 6.45) is -0.384. The zero-order chi connectivity index (χ0) is 12.8. The van der Waals surface area contributed by atoms with Gasteiger partial charge >= 0.3 is 5.97 Å². The van der Waals surface area contributed by atoms with Gasteiger partial charge in [0.2, 0.25) is 5.76 Å². The molecule has 0 saturated carbocycles. The van der Waals surface area contributed by atoms with Gasteiger partial charge in [-0.05, 0) is 18.1 Å².